The molecule has 1 nitrogen and oxygen atoms in total. The van der Waals surface area contributed by atoms with E-state index in [1.54, 1.807) is 0 Å². The van der Waals surface area contributed by atoms with Crippen molar-refractivity contribution in [3.63, 3.8) is 0 Å². The molecule has 1 saturated carbocycles. The monoisotopic (exact) mass is 137 g/mol. The molecule has 0 saturated heterocycles. The summed E-state index contributed by atoms with van der Waals surface area (Å²) in [5.74, 6) is 6.81. The van der Waals surface area contributed by atoms with E-state index in [-0.39, 0.29) is 0 Å². The highest BCUT2D eigenvalue weighted by Gasteiger charge is 2.23. The predicted octanol–water partition coefficient (Wildman–Crippen LogP) is 1.40. The third-order valence-corrected chi connectivity index (χ3v) is 2.03. The van der Waals surface area contributed by atoms with E-state index in [1.165, 1.54) is 12.8 Å². The molecule has 0 heterocycles. The molecule has 0 unspecified atom stereocenters. The molecular formula is C9H15N. The van der Waals surface area contributed by atoms with E-state index < -0.39 is 0 Å². The molecule has 0 radical (unpaired) electrons. The number of rotatable bonds is 2. The van der Waals surface area contributed by atoms with Gasteiger partial charge in [0.25, 0.3) is 0 Å². The highest BCUT2D eigenvalue weighted by Crippen LogP contribution is 2.25. The summed E-state index contributed by atoms with van der Waals surface area (Å²) in [6.07, 6.45) is 2.68. The average Bonchev–Trinajstić information content (AvgIpc) is 1.85. The van der Waals surface area contributed by atoms with Crippen LogP contribution >= 0.6 is 0 Å². The van der Waals surface area contributed by atoms with Gasteiger partial charge in [-0.1, -0.05) is 12.8 Å². The summed E-state index contributed by atoms with van der Waals surface area (Å²) in [5, 5.41) is 3.38. The van der Waals surface area contributed by atoms with Crippen molar-refractivity contribution in [2.24, 2.45) is 5.92 Å². The van der Waals surface area contributed by atoms with Crippen molar-refractivity contribution in [2.45, 2.75) is 32.7 Å². The second kappa shape index (κ2) is 3.63. The Morgan fingerprint density at radius 3 is 2.70 bits per heavy atom. The lowest BCUT2D eigenvalue weighted by Crippen LogP contribution is -2.40. The van der Waals surface area contributed by atoms with Crippen molar-refractivity contribution in [3.8, 4) is 11.8 Å². The first-order valence-corrected chi connectivity index (χ1v) is 3.96. The maximum Gasteiger partial charge on any atom is 0.0578 e. The zero-order valence-electron chi connectivity index (χ0n) is 6.78. The second-order valence-corrected chi connectivity index (χ2v) is 3.08. The van der Waals surface area contributed by atoms with Gasteiger partial charge in [-0.25, -0.2) is 0 Å². The smallest absolute Gasteiger partial charge is 0.0578 e. The lowest BCUT2D eigenvalue weighted by Gasteiger charge is -2.32. The molecule has 1 heteroatoms. The van der Waals surface area contributed by atoms with E-state index in [0.29, 0.717) is 0 Å². The minimum absolute atomic E-state index is 0.760. The van der Waals surface area contributed by atoms with Crippen LogP contribution in [0.1, 0.15) is 26.7 Å². The fourth-order valence-corrected chi connectivity index (χ4v) is 1.35. The van der Waals surface area contributed by atoms with Crippen molar-refractivity contribution < 1.29 is 0 Å². The molecule has 0 spiro atoms. The fraction of sp³-hybridized carbons (Fsp3) is 0.778. The van der Waals surface area contributed by atoms with Crippen molar-refractivity contribution in [3.05, 3.63) is 0 Å². The summed E-state index contributed by atoms with van der Waals surface area (Å²) < 4.78 is 0. The van der Waals surface area contributed by atoms with Gasteiger partial charge >= 0.3 is 0 Å². The molecule has 1 aliphatic rings. The molecule has 0 aliphatic heterocycles. The van der Waals surface area contributed by atoms with Gasteiger partial charge in [-0.3, -0.25) is 0 Å². The van der Waals surface area contributed by atoms with Gasteiger partial charge in [0.05, 0.1) is 6.54 Å². The topological polar surface area (TPSA) is 12.0 Å². The van der Waals surface area contributed by atoms with Gasteiger partial charge < -0.3 is 5.32 Å². The first-order chi connectivity index (χ1) is 4.83. The molecule has 1 N–H and O–H groups in total. The lowest BCUT2D eigenvalue weighted by atomic mass is 9.82. The van der Waals surface area contributed by atoms with E-state index in [1.807, 2.05) is 6.92 Å². The van der Waals surface area contributed by atoms with Crippen LogP contribution in [-0.2, 0) is 0 Å². The maximum atomic E-state index is 3.38. The molecule has 0 atom stereocenters. The minimum Gasteiger partial charge on any atom is -0.303 e. The normalized spacial score (nSPS) is 30.2. The van der Waals surface area contributed by atoms with Crippen LogP contribution < -0.4 is 5.32 Å². The van der Waals surface area contributed by atoms with Gasteiger partial charge in [-0.05, 0) is 25.7 Å². The Balaban J connectivity index is 1.98. The van der Waals surface area contributed by atoms with Gasteiger partial charge in [0, 0.05) is 6.04 Å². The van der Waals surface area contributed by atoms with Crippen LogP contribution in [0.4, 0.5) is 0 Å². The number of hydrogen-bond donors (Lipinski definition) is 1. The Bertz CT molecular complexity index is 146. The highest BCUT2D eigenvalue weighted by molar-refractivity contribution is 4.98. The molecule has 0 aromatic carbocycles. The van der Waals surface area contributed by atoms with Crippen LogP contribution in [0.2, 0.25) is 0 Å². The van der Waals surface area contributed by atoms with E-state index >= 15 is 0 Å². The van der Waals surface area contributed by atoms with Crippen molar-refractivity contribution in [2.75, 3.05) is 6.54 Å². The van der Waals surface area contributed by atoms with E-state index in [0.717, 1.165) is 18.5 Å². The van der Waals surface area contributed by atoms with Crippen LogP contribution in [0.5, 0.6) is 0 Å². The molecule has 0 aromatic heterocycles. The van der Waals surface area contributed by atoms with E-state index in [4.69, 9.17) is 0 Å². The van der Waals surface area contributed by atoms with Crippen molar-refractivity contribution in [1.82, 2.24) is 5.32 Å². The zero-order chi connectivity index (χ0) is 7.40. The Morgan fingerprint density at radius 1 is 1.50 bits per heavy atom. The van der Waals surface area contributed by atoms with Gasteiger partial charge in [0.1, 0.15) is 0 Å². The number of hydrogen-bond acceptors (Lipinski definition) is 1. The molecular weight excluding hydrogens is 122 g/mol. The quantitative estimate of drug-likeness (QED) is 0.567. The zero-order valence-corrected chi connectivity index (χ0v) is 6.78. The Hall–Kier alpha value is -0.480. The average molecular weight is 137 g/mol. The van der Waals surface area contributed by atoms with Crippen LogP contribution in [0.15, 0.2) is 0 Å². The standard InChI is InChI=1S/C9H15N/c1-3-4-5-10-9-6-8(2)7-9/h8-10H,5-7H2,1-2H3. The van der Waals surface area contributed by atoms with Crippen LogP contribution in [-0.4, -0.2) is 12.6 Å². The summed E-state index contributed by atoms with van der Waals surface area (Å²) in [6.45, 7) is 5.04. The highest BCUT2D eigenvalue weighted by atomic mass is 14.9. The van der Waals surface area contributed by atoms with E-state index in [9.17, 15) is 0 Å². The first-order valence-electron chi connectivity index (χ1n) is 3.96. The fourth-order valence-electron chi connectivity index (χ4n) is 1.35. The van der Waals surface area contributed by atoms with Crippen LogP contribution in [0, 0.1) is 17.8 Å². The molecule has 56 valence electrons. The van der Waals surface area contributed by atoms with Gasteiger partial charge in [-0.2, -0.15) is 0 Å². The van der Waals surface area contributed by atoms with Crippen LogP contribution in [0.3, 0.4) is 0 Å². The summed E-state index contributed by atoms with van der Waals surface area (Å²) >= 11 is 0. The SMILES string of the molecule is CC#CCNC1CC(C)C1. The Kier molecular flexibility index (Phi) is 2.77. The summed E-state index contributed by atoms with van der Waals surface area (Å²) in [5.41, 5.74) is 0. The van der Waals surface area contributed by atoms with Crippen LogP contribution in [0.25, 0.3) is 0 Å². The summed E-state index contributed by atoms with van der Waals surface area (Å²) in [4.78, 5) is 0. The van der Waals surface area contributed by atoms with E-state index in [2.05, 4.69) is 24.1 Å². The predicted molar refractivity (Wildman–Crippen MR) is 43.6 cm³/mol. The minimum atomic E-state index is 0.760. The van der Waals surface area contributed by atoms with Gasteiger partial charge in [0.2, 0.25) is 0 Å². The largest absolute Gasteiger partial charge is 0.303 e. The molecule has 0 aromatic rings. The molecule has 1 rings (SSSR count). The summed E-state index contributed by atoms with van der Waals surface area (Å²) in [6, 6.07) is 0.760. The molecule has 1 fully saturated rings. The lowest BCUT2D eigenvalue weighted by molar-refractivity contribution is 0.249. The van der Waals surface area contributed by atoms with Crippen molar-refractivity contribution >= 4 is 0 Å². The van der Waals surface area contributed by atoms with Gasteiger partial charge in [0.15, 0.2) is 0 Å². The molecule has 0 bridgehead atoms. The Morgan fingerprint density at radius 2 is 2.20 bits per heavy atom. The first kappa shape index (κ1) is 7.63. The number of nitrogens with one attached hydrogen (secondary N) is 1. The molecule has 1 aliphatic carbocycles. The van der Waals surface area contributed by atoms with Gasteiger partial charge in [-0.15, -0.1) is 5.92 Å². The summed E-state index contributed by atoms with van der Waals surface area (Å²) in [7, 11) is 0. The van der Waals surface area contributed by atoms with Crippen molar-refractivity contribution in [1.29, 1.82) is 0 Å². The Labute approximate surface area is 63.2 Å². The maximum absolute atomic E-state index is 3.38. The third-order valence-electron chi connectivity index (χ3n) is 2.03. The molecule has 0 amide bonds. The second-order valence-electron chi connectivity index (χ2n) is 3.08. The molecule has 10 heavy (non-hydrogen) atoms. The third kappa shape index (κ3) is 2.04.